The minimum Gasteiger partial charge on any atom is -0.455 e. The highest BCUT2D eigenvalue weighted by Gasteiger charge is 2.34. The van der Waals surface area contributed by atoms with Gasteiger partial charge < -0.3 is 19.7 Å². The number of alkyl halides is 6. The largest absolute Gasteiger partial charge is 0.573 e. The quantitative estimate of drug-likeness (QED) is 0.392. The van der Waals surface area contributed by atoms with E-state index < -0.39 is 46.2 Å². The van der Waals surface area contributed by atoms with Gasteiger partial charge in [-0.3, -0.25) is 9.78 Å². The van der Waals surface area contributed by atoms with E-state index in [4.69, 9.17) is 16.3 Å². The fourth-order valence-electron chi connectivity index (χ4n) is 2.67. The molecule has 0 bridgehead atoms. The zero-order valence-electron chi connectivity index (χ0n) is 17.8. The molecule has 14 heteroatoms. The zero-order chi connectivity index (χ0) is 26.0. The summed E-state index contributed by atoms with van der Waals surface area (Å²) in [5.41, 5.74) is -1.48. The van der Waals surface area contributed by atoms with Crippen LogP contribution in [0.25, 0.3) is 0 Å². The highest BCUT2D eigenvalue weighted by Crippen LogP contribution is 2.38. The SMILES string of the molecule is CN(C)c1cc(NC(=O)c2cnc(C(F)(F)F)cc2Oc2ccc(OC(F)(F)F)cc2Cl)ccn1. The van der Waals surface area contributed by atoms with Crippen molar-refractivity contribution in [2.45, 2.75) is 12.5 Å². The van der Waals surface area contributed by atoms with Crippen molar-refractivity contribution in [2.24, 2.45) is 0 Å². The van der Waals surface area contributed by atoms with Crippen molar-refractivity contribution < 1.29 is 40.6 Å². The number of rotatable bonds is 6. The van der Waals surface area contributed by atoms with Gasteiger partial charge in [-0.15, -0.1) is 13.2 Å². The minimum absolute atomic E-state index is 0.284. The number of ether oxygens (including phenoxy) is 2. The number of halogens is 7. The van der Waals surface area contributed by atoms with Crippen LogP contribution in [0.4, 0.5) is 37.8 Å². The number of hydrogen-bond donors (Lipinski definition) is 1. The van der Waals surface area contributed by atoms with Crippen LogP contribution in [0, 0.1) is 0 Å². The molecule has 0 aliphatic carbocycles. The van der Waals surface area contributed by atoms with Crippen LogP contribution in [0.2, 0.25) is 5.02 Å². The van der Waals surface area contributed by atoms with Gasteiger partial charge in [-0.2, -0.15) is 13.2 Å². The van der Waals surface area contributed by atoms with Gasteiger partial charge in [0, 0.05) is 50.4 Å². The van der Waals surface area contributed by atoms with Crippen molar-refractivity contribution in [2.75, 3.05) is 24.3 Å². The Labute approximate surface area is 199 Å². The third-order valence-corrected chi connectivity index (χ3v) is 4.51. The molecule has 3 rings (SSSR count). The summed E-state index contributed by atoms with van der Waals surface area (Å²) in [6, 6.07) is 6.01. The number of carbonyl (C=O) groups excluding carboxylic acids is 1. The van der Waals surface area contributed by atoms with E-state index in [0.717, 1.165) is 18.2 Å². The molecule has 7 nitrogen and oxygen atoms in total. The smallest absolute Gasteiger partial charge is 0.455 e. The lowest BCUT2D eigenvalue weighted by atomic mass is 10.2. The van der Waals surface area contributed by atoms with Gasteiger partial charge in [0.1, 0.15) is 34.3 Å². The molecule has 0 aliphatic heterocycles. The second-order valence-corrected chi connectivity index (χ2v) is 7.46. The Bertz CT molecular complexity index is 1230. The van der Waals surface area contributed by atoms with Gasteiger partial charge >= 0.3 is 12.5 Å². The average Bonchev–Trinajstić information content (AvgIpc) is 2.74. The van der Waals surface area contributed by atoms with E-state index in [0.29, 0.717) is 18.1 Å². The number of benzene rings is 1. The lowest BCUT2D eigenvalue weighted by Gasteiger charge is -2.16. The summed E-state index contributed by atoms with van der Waals surface area (Å²) in [7, 11) is 3.43. The van der Waals surface area contributed by atoms with Gasteiger partial charge in [-0.25, -0.2) is 4.98 Å². The predicted octanol–water partition coefficient (Wildman–Crippen LogP) is 6.16. The molecule has 35 heavy (non-hydrogen) atoms. The van der Waals surface area contributed by atoms with Crippen LogP contribution in [0.5, 0.6) is 17.2 Å². The number of amides is 1. The molecule has 0 aliphatic rings. The minimum atomic E-state index is -4.98. The van der Waals surface area contributed by atoms with Crippen molar-refractivity contribution in [3.63, 3.8) is 0 Å². The van der Waals surface area contributed by atoms with E-state index in [1.807, 2.05) is 0 Å². The lowest BCUT2D eigenvalue weighted by molar-refractivity contribution is -0.274. The molecule has 0 unspecified atom stereocenters. The van der Waals surface area contributed by atoms with Gasteiger partial charge in [0.2, 0.25) is 0 Å². The Balaban J connectivity index is 1.95. The van der Waals surface area contributed by atoms with E-state index in [1.54, 1.807) is 19.0 Å². The Morgan fingerprint density at radius 3 is 2.31 bits per heavy atom. The van der Waals surface area contributed by atoms with E-state index in [9.17, 15) is 31.1 Å². The molecule has 0 saturated heterocycles. The molecule has 0 atom stereocenters. The number of nitrogens with one attached hydrogen (secondary N) is 1. The average molecular weight is 521 g/mol. The van der Waals surface area contributed by atoms with E-state index in [2.05, 4.69) is 20.0 Å². The molecule has 0 saturated carbocycles. The topological polar surface area (TPSA) is 76.6 Å². The predicted molar refractivity (Wildman–Crippen MR) is 114 cm³/mol. The molecule has 1 amide bonds. The first kappa shape index (κ1) is 25.9. The van der Waals surface area contributed by atoms with Crippen LogP contribution in [0.15, 0.2) is 48.8 Å². The molecule has 186 valence electrons. The van der Waals surface area contributed by atoms with Crippen LogP contribution >= 0.6 is 11.6 Å². The second-order valence-electron chi connectivity index (χ2n) is 7.06. The molecule has 1 N–H and O–H groups in total. The molecule has 2 heterocycles. The van der Waals surface area contributed by atoms with Crippen molar-refractivity contribution in [1.29, 1.82) is 0 Å². The van der Waals surface area contributed by atoms with Crippen LogP contribution in [-0.2, 0) is 6.18 Å². The van der Waals surface area contributed by atoms with Crippen LogP contribution in [0.1, 0.15) is 16.1 Å². The van der Waals surface area contributed by atoms with Crippen molar-refractivity contribution in [1.82, 2.24) is 9.97 Å². The van der Waals surface area contributed by atoms with E-state index in [-0.39, 0.29) is 11.4 Å². The number of carbonyl (C=O) groups is 1. The fraction of sp³-hybridized carbons (Fsp3) is 0.190. The Morgan fingerprint density at radius 1 is 1.00 bits per heavy atom. The maximum atomic E-state index is 13.2. The summed E-state index contributed by atoms with van der Waals surface area (Å²) in [6.45, 7) is 0. The number of pyridine rings is 2. The summed E-state index contributed by atoms with van der Waals surface area (Å²) in [5.74, 6) is -1.96. The number of hydrogen-bond acceptors (Lipinski definition) is 6. The van der Waals surface area contributed by atoms with Crippen molar-refractivity contribution in [3.8, 4) is 17.2 Å². The van der Waals surface area contributed by atoms with Crippen molar-refractivity contribution in [3.05, 3.63) is 65.1 Å². The monoisotopic (exact) mass is 520 g/mol. The summed E-state index contributed by atoms with van der Waals surface area (Å²) in [4.78, 5) is 21.9. The highest BCUT2D eigenvalue weighted by atomic mass is 35.5. The van der Waals surface area contributed by atoms with Gasteiger partial charge in [-0.05, 0) is 18.2 Å². The lowest BCUT2D eigenvalue weighted by Crippen LogP contribution is -2.17. The molecule has 1 aromatic carbocycles. The molecule has 3 aromatic rings. The second kappa shape index (κ2) is 9.86. The third-order valence-electron chi connectivity index (χ3n) is 4.22. The zero-order valence-corrected chi connectivity index (χ0v) is 18.6. The number of aromatic nitrogens is 2. The fourth-order valence-corrected chi connectivity index (χ4v) is 2.88. The molecule has 2 aromatic heterocycles. The van der Waals surface area contributed by atoms with Crippen LogP contribution in [-0.4, -0.2) is 36.3 Å². The summed E-state index contributed by atoms with van der Waals surface area (Å²) >= 11 is 5.92. The molecule has 0 fully saturated rings. The van der Waals surface area contributed by atoms with Crippen LogP contribution < -0.4 is 19.7 Å². The molecular weight excluding hydrogens is 506 g/mol. The third kappa shape index (κ3) is 6.88. The summed E-state index contributed by atoms with van der Waals surface area (Å²) < 4.78 is 86.0. The van der Waals surface area contributed by atoms with Gasteiger partial charge in [0.05, 0.1) is 5.02 Å². The van der Waals surface area contributed by atoms with Gasteiger partial charge in [0.25, 0.3) is 5.91 Å². The van der Waals surface area contributed by atoms with Crippen molar-refractivity contribution >= 4 is 29.0 Å². The highest BCUT2D eigenvalue weighted by molar-refractivity contribution is 6.32. The molecule has 0 spiro atoms. The Kier molecular flexibility index (Phi) is 7.29. The molecule has 0 radical (unpaired) electrons. The van der Waals surface area contributed by atoms with E-state index in [1.165, 1.54) is 18.3 Å². The standard InChI is InChI=1S/C21H15ClF6N4O3/c1-32(2)18-7-11(5-6-29-18)31-19(33)13-10-30-17(20(23,24)25)9-16(13)34-15-4-3-12(8-14(15)22)35-21(26,27)28/h3-10H,1-2H3,(H,29,31,33). The maximum Gasteiger partial charge on any atom is 0.573 e. The summed E-state index contributed by atoms with van der Waals surface area (Å²) in [6.07, 6.45) is -7.77. The first-order chi connectivity index (χ1) is 16.2. The van der Waals surface area contributed by atoms with Gasteiger partial charge in [0.15, 0.2) is 0 Å². The first-order valence-electron chi connectivity index (χ1n) is 9.48. The van der Waals surface area contributed by atoms with E-state index >= 15 is 0 Å². The first-order valence-corrected chi connectivity index (χ1v) is 9.86. The Hall–Kier alpha value is -3.74. The van der Waals surface area contributed by atoms with Gasteiger partial charge in [-0.1, -0.05) is 11.6 Å². The number of nitrogens with zero attached hydrogens (tertiary/aromatic N) is 3. The normalized spacial score (nSPS) is 11.7. The number of anilines is 2. The summed E-state index contributed by atoms with van der Waals surface area (Å²) in [5, 5.41) is 2.09. The Morgan fingerprint density at radius 2 is 1.71 bits per heavy atom. The molecular formula is C21H15ClF6N4O3. The van der Waals surface area contributed by atoms with Crippen LogP contribution in [0.3, 0.4) is 0 Å². The maximum absolute atomic E-state index is 13.2.